The number of hydrogen-bond donors (Lipinski definition) is 2. The lowest BCUT2D eigenvalue weighted by Crippen LogP contribution is -2.40. The second kappa shape index (κ2) is 5.14. The van der Waals surface area contributed by atoms with Crippen LogP contribution in [0.15, 0.2) is 12.3 Å². The molecule has 1 amide bonds. The van der Waals surface area contributed by atoms with Crippen molar-refractivity contribution in [2.75, 3.05) is 18.9 Å². The summed E-state index contributed by atoms with van der Waals surface area (Å²) >= 11 is 0. The summed E-state index contributed by atoms with van der Waals surface area (Å²) < 4.78 is 5.32. The Bertz CT molecular complexity index is 414. The molecular formula is C12H17N3O2. The van der Waals surface area contributed by atoms with E-state index < -0.39 is 0 Å². The summed E-state index contributed by atoms with van der Waals surface area (Å²) in [6.45, 7) is 3.16. The molecule has 1 unspecified atom stereocenters. The standard InChI is InChI=1S/C12H17N3O2/c1-8-11(5-9(13)6-14-8)12(16)15-10-3-2-4-17-7-10/h5-6,10H,2-4,7,13H2,1H3,(H,15,16). The van der Waals surface area contributed by atoms with Crippen molar-refractivity contribution in [1.29, 1.82) is 0 Å². The maximum absolute atomic E-state index is 12.0. The Labute approximate surface area is 100 Å². The van der Waals surface area contributed by atoms with E-state index in [0.29, 0.717) is 23.6 Å². The highest BCUT2D eigenvalue weighted by Gasteiger charge is 2.18. The molecular weight excluding hydrogens is 218 g/mol. The van der Waals surface area contributed by atoms with E-state index in [4.69, 9.17) is 10.5 Å². The number of rotatable bonds is 2. The summed E-state index contributed by atoms with van der Waals surface area (Å²) in [6.07, 6.45) is 3.50. The fraction of sp³-hybridized carbons (Fsp3) is 0.500. The van der Waals surface area contributed by atoms with Crippen molar-refractivity contribution in [3.63, 3.8) is 0 Å². The number of nitrogens with one attached hydrogen (secondary N) is 1. The van der Waals surface area contributed by atoms with Crippen LogP contribution in [-0.2, 0) is 4.74 Å². The van der Waals surface area contributed by atoms with Crippen molar-refractivity contribution in [3.8, 4) is 0 Å². The molecule has 0 aromatic carbocycles. The zero-order valence-corrected chi connectivity index (χ0v) is 9.90. The first-order chi connectivity index (χ1) is 8.16. The van der Waals surface area contributed by atoms with Gasteiger partial charge >= 0.3 is 0 Å². The normalized spacial score (nSPS) is 19.9. The van der Waals surface area contributed by atoms with E-state index in [1.165, 1.54) is 0 Å². The number of anilines is 1. The van der Waals surface area contributed by atoms with E-state index in [-0.39, 0.29) is 11.9 Å². The van der Waals surface area contributed by atoms with Gasteiger partial charge in [-0.3, -0.25) is 9.78 Å². The molecule has 2 rings (SSSR count). The number of ether oxygens (including phenoxy) is 1. The molecule has 0 aliphatic carbocycles. The van der Waals surface area contributed by atoms with Gasteiger partial charge in [-0.2, -0.15) is 0 Å². The van der Waals surface area contributed by atoms with E-state index in [0.717, 1.165) is 19.4 Å². The van der Waals surface area contributed by atoms with Gasteiger partial charge in [0.15, 0.2) is 0 Å². The molecule has 0 bridgehead atoms. The van der Waals surface area contributed by atoms with Gasteiger partial charge in [0.2, 0.25) is 0 Å². The number of carbonyl (C=O) groups is 1. The number of hydrogen-bond acceptors (Lipinski definition) is 4. The summed E-state index contributed by atoms with van der Waals surface area (Å²) in [5.41, 5.74) is 7.36. The highest BCUT2D eigenvalue weighted by Crippen LogP contribution is 2.11. The number of nitrogens with two attached hydrogens (primary N) is 1. The monoisotopic (exact) mass is 235 g/mol. The van der Waals surface area contributed by atoms with E-state index in [1.807, 2.05) is 0 Å². The Morgan fingerprint density at radius 3 is 3.18 bits per heavy atom. The molecule has 5 heteroatoms. The van der Waals surface area contributed by atoms with Crippen LogP contribution in [0.1, 0.15) is 28.9 Å². The summed E-state index contributed by atoms with van der Waals surface area (Å²) in [6, 6.07) is 1.75. The fourth-order valence-electron chi connectivity index (χ4n) is 1.90. The van der Waals surface area contributed by atoms with E-state index in [9.17, 15) is 4.79 Å². The number of nitrogens with zero attached hydrogens (tertiary/aromatic N) is 1. The van der Waals surface area contributed by atoms with Crippen LogP contribution in [0.5, 0.6) is 0 Å². The summed E-state index contributed by atoms with van der Waals surface area (Å²) in [7, 11) is 0. The molecule has 1 saturated heterocycles. The Morgan fingerprint density at radius 2 is 2.47 bits per heavy atom. The zero-order valence-electron chi connectivity index (χ0n) is 9.90. The van der Waals surface area contributed by atoms with E-state index in [2.05, 4.69) is 10.3 Å². The molecule has 1 aliphatic rings. The lowest BCUT2D eigenvalue weighted by molar-refractivity contribution is 0.0623. The van der Waals surface area contributed by atoms with Gasteiger partial charge in [0.05, 0.1) is 35.8 Å². The smallest absolute Gasteiger partial charge is 0.253 e. The van der Waals surface area contributed by atoms with Crippen molar-refractivity contribution in [2.24, 2.45) is 0 Å². The van der Waals surface area contributed by atoms with Crippen molar-refractivity contribution < 1.29 is 9.53 Å². The second-order valence-corrected chi connectivity index (χ2v) is 4.29. The third-order valence-electron chi connectivity index (χ3n) is 2.85. The Hall–Kier alpha value is -1.62. The number of aromatic nitrogens is 1. The summed E-state index contributed by atoms with van der Waals surface area (Å²) in [4.78, 5) is 16.1. The average Bonchev–Trinajstić information content (AvgIpc) is 2.33. The van der Waals surface area contributed by atoms with Crippen molar-refractivity contribution in [3.05, 3.63) is 23.5 Å². The van der Waals surface area contributed by atoms with Crippen LogP contribution in [0.25, 0.3) is 0 Å². The number of aryl methyl sites for hydroxylation is 1. The molecule has 3 N–H and O–H groups in total. The number of pyridine rings is 1. The molecule has 0 spiro atoms. The topological polar surface area (TPSA) is 77.2 Å². The number of nitrogen functional groups attached to an aromatic ring is 1. The second-order valence-electron chi connectivity index (χ2n) is 4.29. The minimum Gasteiger partial charge on any atom is -0.397 e. The summed E-state index contributed by atoms with van der Waals surface area (Å²) in [5.74, 6) is -0.127. The average molecular weight is 235 g/mol. The minimum atomic E-state index is -0.127. The molecule has 1 aliphatic heterocycles. The first-order valence-corrected chi connectivity index (χ1v) is 5.77. The lowest BCUT2D eigenvalue weighted by Gasteiger charge is -2.23. The van der Waals surface area contributed by atoms with Crippen LogP contribution in [0.2, 0.25) is 0 Å². The maximum Gasteiger partial charge on any atom is 0.253 e. The predicted octanol–water partition coefficient (Wildman–Crippen LogP) is 0.881. The Morgan fingerprint density at radius 1 is 1.65 bits per heavy atom. The first kappa shape index (κ1) is 11.9. The van der Waals surface area contributed by atoms with Gasteiger partial charge < -0.3 is 15.8 Å². The molecule has 92 valence electrons. The predicted molar refractivity (Wildman–Crippen MR) is 64.7 cm³/mol. The van der Waals surface area contributed by atoms with Crippen molar-refractivity contribution in [1.82, 2.24) is 10.3 Å². The Kier molecular flexibility index (Phi) is 3.58. The van der Waals surface area contributed by atoms with Crippen molar-refractivity contribution in [2.45, 2.75) is 25.8 Å². The molecule has 5 nitrogen and oxygen atoms in total. The van der Waals surface area contributed by atoms with Gasteiger partial charge in [0.25, 0.3) is 5.91 Å². The van der Waals surface area contributed by atoms with E-state index in [1.54, 1.807) is 19.2 Å². The summed E-state index contributed by atoms with van der Waals surface area (Å²) in [5, 5.41) is 2.94. The van der Waals surface area contributed by atoms with Crippen LogP contribution in [-0.4, -0.2) is 30.1 Å². The zero-order chi connectivity index (χ0) is 12.3. The molecule has 1 aromatic rings. The Balaban J connectivity index is 2.05. The minimum absolute atomic E-state index is 0.0945. The maximum atomic E-state index is 12.0. The number of carbonyl (C=O) groups excluding carboxylic acids is 1. The molecule has 2 heterocycles. The van der Waals surface area contributed by atoms with Gasteiger partial charge in [-0.1, -0.05) is 0 Å². The van der Waals surface area contributed by atoms with Crippen LogP contribution in [0.3, 0.4) is 0 Å². The van der Waals surface area contributed by atoms with Gasteiger partial charge in [-0.05, 0) is 25.8 Å². The van der Waals surface area contributed by atoms with Crippen LogP contribution >= 0.6 is 0 Å². The SMILES string of the molecule is Cc1ncc(N)cc1C(=O)NC1CCCOC1. The molecule has 0 saturated carbocycles. The van der Waals surface area contributed by atoms with Gasteiger partial charge in [0.1, 0.15) is 0 Å². The largest absolute Gasteiger partial charge is 0.397 e. The third-order valence-corrected chi connectivity index (χ3v) is 2.85. The highest BCUT2D eigenvalue weighted by atomic mass is 16.5. The van der Waals surface area contributed by atoms with Gasteiger partial charge in [-0.25, -0.2) is 0 Å². The quantitative estimate of drug-likeness (QED) is 0.797. The molecule has 17 heavy (non-hydrogen) atoms. The van der Waals surface area contributed by atoms with E-state index >= 15 is 0 Å². The number of amides is 1. The lowest BCUT2D eigenvalue weighted by atomic mass is 10.1. The fourth-order valence-corrected chi connectivity index (χ4v) is 1.90. The van der Waals surface area contributed by atoms with Crippen LogP contribution < -0.4 is 11.1 Å². The van der Waals surface area contributed by atoms with Crippen LogP contribution in [0, 0.1) is 6.92 Å². The highest BCUT2D eigenvalue weighted by molar-refractivity contribution is 5.96. The van der Waals surface area contributed by atoms with Gasteiger partial charge in [0, 0.05) is 6.61 Å². The first-order valence-electron chi connectivity index (χ1n) is 5.77. The van der Waals surface area contributed by atoms with Gasteiger partial charge in [-0.15, -0.1) is 0 Å². The van der Waals surface area contributed by atoms with Crippen molar-refractivity contribution >= 4 is 11.6 Å². The molecule has 1 aromatic heterocycles. The molecule has 1 fully saturated rings. The third kappa shape index (κ3) is 2.94. The van der Waals surface area contributed by atoms with Crippen LogP contribution in [0.4, 0.5) is 5.69 Å². The molecule has 1 atom stereocenters. The molecule has 0 radical (unpaired) electrons.